The van der Waals surface area contributed by atoms with Crippen molar-refractivity contribution in [3.63, 3.8) is 0 Å². The maximum atomic E-state index is 5.73. The van der Waals surface area contributed by atoms with Crippen molar-refractivity contribution in [3.05, 3.63) is 12.2 Å². The summed E-state index contributed by atoms with van der Waals surface area (Å²) in [4.78, 5) is 0. The second-order valence-corrected chi connectivity index (χ2v) is 3.81. The van der Waals surface area contributed by atoms with Crippen LogP contribution < -0.4 is 5.32 Å². The van der Waals surface area contributed by atoms with Crippen molar-refractivity contribution in [2.45, 2.75) is 46.1 Å². The molecule has 0 aliphatic carbocycles. The average Bonchev–Trinajstić information content (AvgIpc) is 2.15. The zero-order chi connectivity index (χ0) is 10.8. The molecule has 84 valence electrons. The van der Waals surface area contributed by atoms with Crippen LogP contribution in [0.1, 0.15) is 40.0 Å². The molecule has 0 heterocycles. The number of hydrogen-bond acceptors (Lipinski definition) is 2. The highest BCUT2D eigenvalue weighted by atomic mass is 16.5. The first-order valence-electron chi connectivity index (χ1n) is 5.67. The molecule has 14 heavy (non-hydrogen) atoms. The molecule has 0 radical (unpaired) electrons. The fraction of sp³-hybridized carbons (Fsp3) is 0.833. The topological polar surface area (TPSA) is 21.3 Å². The lowest BCUT2D eigenvalue weighted by atomic mass is 10.2. The number of ether oxygens (including phenoxy) is 1. The minimum Gasteiger partial charge on any atom is -0.377 e. The molecule has 0 saturated heterocycles. The van der Waals surface area contributed by atoms with E-state index in [4.69, 9.17) is 4.74 Å². The van der Waals surface area contributed by atoms with Crippen LogP contribution in [0.2, 0.25) is 0 Å². The lowest BCUT2D eigenvalue weighted by molar-refractivity contribution is 0.0531. The normalized spacial score (nSPS) is 12.8. The Kier molecular flexibility index (Phi) is 9.00. The maximum absolute atomic E-state index is 5.73. The number of hydrogen-bond donors (Lipinski definition) is 1. The van der Waals surface area contributed by atoms with Crippen molar-refractivity contribution in [1.82, 2.24) is 5.32 Å². The summed E-state index contributed by atoms with van der Waals surface area (Å²) in [5.41, 5.74) is 1.20. The second kappa shape index (κ2) is 9.22. The zero-order valence-electron chi connectivity index (χ0n) is 9.94. The first kappa shape index (κ1) is 13.7. The standard InChI is InChI=1S/C12H25NO/c1-5-8-13-10-12(6-2)14-9-7-11(3)4/h12-13H,3,5-10H2,1-2,4H3. The molecule has 0 aliphatic rings. The molecular formula is C12H25NO. The summed E-state index contributed by atoms with van der Waals surface area (Å²) in [6.45, 7) is 13.1. The third-order valence-corrected chi connectivity index (χ3v) is 2.14. The lowest BCUT2D eigenvalue weighted by Crippen LogP contribution is -2.29. The van der Waals surface area contributed by atoms with E-state index in [1.54, 1.807) is 0 Å². The molecule has 0 aliphatic heterocycles. The predicted octanol–water partition coefficient (Wildman–Crippen LogP) is 2.75. The van der Waals surface area contributed by atoms with Crippen LogP contribution in [0.5, 0.6) is 0 Å². The minimum absolute atomic E-state index is 0.362. The van der Waals surface area contributed by atoms with E-state index < -0.39 is 0 Å². The van der Waals surface area contributed by atoms with Crippen molar-refractivity contribution >= 4 is 0 Å². The van der Waals surface area contributed by atoms with Crippen molar-refractivity contribution in [2.24, 2.45) is 0 Å². The van der Waals surface area contributed by atoms with Gasteiger partial charge in [-0.2, -0.15) is 0 Å². The van der Waals surface area contributed by atoms with E-state index >= 15 is 0 Å². The van der Waals surface area contributed by atoms with Gasteiger partial charge in [0.05, 0.1) is 12.7 Å². The van der Waals surface area contributed by atoms with Crippen LogP contribution in [-0.4, -0.2) is 25.8 Å². The molecule has 0 aromatic heterocycles. The summed E-state index contributed by atoms with van der Waals surface area (Å²) in [6.07, 6.45) is 3.60. The van der Waals surface area contributed by atoms with E-state index in [1.807, 2.05) is 6.92 Å². The molecule has 2 heteroatoms. The molecule has 1 atom stereocenters. The van der Waals surface area contributed by atoms with Gasteiger partial charge in [0.1, 0.15) is 0 Å². The lowest BCUT2D eigenvalue weighted by Gasteiger charge is -2.16. The fourth-order valence-electron chi connectivity index (χ4n) is 1.16. The summed E-state index contributed by atoms with van der Waals surface area (Å²) >= 11 is 0. The first-order valence-corrected chi connectivity index (χ1v) is 5.67. The van der Waals surface area contributed by atoms with E-state index in [9.17, 15) is 0 Å². The van der Waals surface area contributed by atoms with Gasteiger partial charge in [0.2, 0.25) is 0 Å². The van der Waals surface area contributed by atoms with Gasteiger partial charge in [-0.3, -0.25) is 0 Å². The van der Waals surface area contributed by atoms with Gasteiger partial charge in [0.25, 0.3) is 0 Å². The Bertz CT molecular complexity index is 145. The van der Waals surface area contributed by atoms with Gasteiger partial charge in [-0.25, -0.2) is 0 Å². The smallest absolute Gasteiger partial charge is 0.0696 e. The van der Waals surface area contributed by atoms with Gasteiger partial charge in [0.15, 0.2) is 0 Å². The number of rotatable bonds is 9. The highest BCUT2D eigenvalue weighted by molar-refractivity contribution is 4.87. The van der Waals surface area contributed by atoms with Crippen LogP contribution in [0, 0.1) is 0 Å². The molecule has 2 nitrogen and oxygen atoms in total. The first-order chi connectivity index (χ1) is 6.70. The minimum atomic E-state index is 0.362. The summed E-state index contributed by atoms with van der Waals surface area (Å²) in [5, 5.41) is 3.38. The molecule has 0 amide bonds. The molecule has 0 fully saturated rings. The van der Waals surface area contributed by atoms with Gasteiger partial charge < -0.3 is 10.1 Å². The Labute approximate surface area is 88.7 Å². The molecule has 0 aromatic carbocycles. The van der Waals surface area contributed by atoms with E-state index in [-0.39, 0.29) is 0 Å². The molecular weight excluding hydrogens is 174 g/mol. The van der Waals surface area contributed by atoms with Crippen LogP contribution in [-0.2, 0) is 4.74 Å². The summed E-state index contributed by atoms with van der Waals surface area (Å²) in [6, 6.07) is 0. The Balaban J connectivity index is 3.42. The quantitative estimate of drug-likeness (QED) is 0.455. The third-order valence-electron chi connectivity index (χ3n) is 2.14. The van der Waals surface area contributed by atoms with Crippen LogP contribution in [0.4, 0.5) is 0 Å². The SMILES string of the molecule is C=C(C)CCOC(CC)CNCCC. The van der Waals surface area contributed by atoms with Crippen LogP contribution in [0.3, 0.4) is 0 Å². The summed E-state index contributed by atoms with van der Waals surface area (Å²) in [5.74, 6) is 0. The van der Waals surface area contributed by atoms with Gasteiger partial charge in [-0.15, -0.1) is 6.58 Å². The Morgan fingerprint density at radius 1 is 1.43 bits per heavy atom. The Morgan fingerprint density at radius 2 is 2.14 bits per heavy atom. The summed E-state index contributed by atoms with van der Waals surface area (Å²) in [7, 11) is 0. The van der Waals surface area contributed by atoms with Gasteiger partial charge in [0, 0.05) is 6.54 Å². The summed E-state index contributed by atoms with van der Waals surface area (Å²) < 4.78 is 5.73. The van der Waals surface area contributed by atoms with E-state index in [1.165, 1.54) is 12.0 Å². The second-order valence-electron chi connectivity index (χ2n) is 3.81. The van der Waals surface area contributed by atoms with Crippen molar-refractivity contribution < 1.29 is 4.74 Å². The van der Waals surface area contributed by atoms with E-state index in [0.29, 0.717) is 6.10 Å². The maximum Gasteiger partial charge on any atom is 0.0696 e. The largest absolute Gasteiger partial charge is 0.377 e. The highest BCUT2D eigenvalue weighted by Gasteiger charge is 2.04. The fourth-order valence-corrected chi connectivity index (χ4v) is 1.16. The third kappa shape index (κ3) is 8.27. The van der Waals surface area contributed by atoms with Gasteiger partial charge in [-0.05, 0) is 32.7 Å². The monoisotopic (exact) mass is 199 g/mol. The predicted molar refractivity (Wildman–Crippen MR) is 62.6 cm³/mol. The van der Waals surface area contributed by atoms with Crippen LogP contribution >= 0.6 is 0 Å². The highest BCUT2D eigenvalue weighted by Crippen LogP contribution is 2.01. The molecule has 0 saturated carbocycles. The Hall–Kier alpha value is -0.340. The molecule has 0 spiro atoms. The van der Waals surface area contributed by atoms with Crippen LogP contribution in [0.25, 0.3) is 0 Å². The van der Waals surface area contributed by atoms with Crippen molar-refractivity contribution in [3.8, 4) is 0 Å². The van der Waals surface area contributed by atoms with Crippen molar-refractivity contribution in [2.75, 3.05) is 19.7 Å². The molecule has 0 bridgehead atoms. The van der Waals surface area contributed by atoms with E-state index in [0.717, 1.165) is 32.5 Å². The molecule has 1 unspecified atom stereocenters. The van der Waals surface area contributed by atoms with Gasteiger partial charge in [-0.1, -0.05) is 19.4 Å². The molecule has 0 aromatic rings. The zero-order valence-corrected chi connectivity index (χ0v) is 9.94. The van der Waals surface area contributed by atoms with Crippen LogP contribution in [0.15, 0.2) is 12.2 Å². The molecule has 0 rings (SSSR count). The van der Waals surface area contributed by atoms with Crippen molar-refractivity contribution in [1.29, 1.82) is 0 Å². The average molecular weight is 199 g/mol. The number of nitrogens with one attached hydrogen (secondary N) is 1. The molecule has 1 N–H and O–H groups in total. The Morgan fingerprint density at radius 3 is 2.64 bits per heavy atom. The van der Waals surface area contributed by atoms with E-state index in [2.05, 4.69) is 25.7 Å². The van der Waals surface area contributed by atoms with Gasteiger partial charge >= 0.3 is 0 Å².